The van der Waals surface area contributed by atoms with Gasteiger partial charge in [0.05, 0.1) is 5.75 Å². The van der Waals surface area contributed by atoms with Gasteiger partial charge in [0, 0.05) is 25.7 Å². The lowest BCUT2D eigenvalue weighted by Crippen LogP contribution is -2.52. The molecule has 1 aliphatic heterocycles. The second-order valence-electron chi connectivity index (χ2n) is 7.09. The fourth-order valence-corrected chi connectivity index (χ4v) is 4.06. The van der Waals surface area contributed by atoms with E-state index >= 15 is 0 Å². The summed E-state index contributed by atoms with van der Waals surface area (Å²) in [7, 11) is -3.26. The lowest BCUT2D eigenvalue weighted by atomic mass is 10.0. The molecule has 1 atom stereocenters. The largest absolute Gasteiger partial charge is 0.480 e. The molecule has 1 saturated heterocycles. The Bertz CT molecular complexity index is 570. The molecule has 0 aromatic rings. The third-order valence-corrected chi connectivity index (χ3v) is 6.50. The first kappa shape index (κ1) is 22.9. The van der Waals surface area contributed by atoms with Gasteiger partial charge in [0.15, 0.2) is 0 Å². The first-order chi connectivity index (χ1) is 12.1. The standard InChI is InChI=1S/C17H32N2O6S/c1-5-26(23,24)18-9-6-15(7-10-18)19(12-16(20)21)17(22)14(4)25-11-8-13(2)3/h13-15H,5-12H2,1-4H3,(H,20,21). The molecule has 26 heavy (non-hydrogen) atoms. The first-order valence-electron chi connectivity index (χ1n) is 9.20. The molecule has 0 radical (unpaired) electrons. The topological polar surface area (TPSA) is 104 Å². The highest BCUT2D eigenvalue weighted by Crippen LogP contribution is 2.20. The van der Waals surface area contributed by atoms with Gasteiger partial charge in [0.1, 0.15) is 12.6 Å². The van der Waals surface area contributed by atoms with E-state index in [0.717, 1.165) is 6.42 Å². The number of hydrogen-bond donors (Lipinski definition) is 1. The number of hydrogen-bond acceptors (Lipinski definition) is 5. The van der Waals surface area contributed by atoms with Gasteiger partial charge in [-0.05, 0) is 39.0 Å². The molecule has 1 heterocycles. The highest BCUT2D eigenvalue weighted by Gasteiger charge is 2.34. The Labute approximate surface area is 156 Å². The van der Waals surface area contributed by atoms with E-state index in [9.17, 15) is 23.1 Å². The van der Waals surface area contributed by atoms with Gasteiger partial charge in [0.2, 0.25) is 10.0 Å². The van der Waals surface area contributed by atoms with E-state index in [0.29, 0.717) is 38.5 Å². The van der Waals surface area contributed by atoms with Crippen LogP contribution in [-0.4, -0.2) is 78.7 Å². The van der Waals surface area contributed by atoms with E-state index in [1.807, 2.05) is 0 Å². The number of piperidine rings is 1. The highest BCUT2D eigenvalue weighted by molar-refractivity contribution is 7.89. The van der Waals surface area contributed by atoms with Crippen molar-refractivity contribution < 1.29 is 27.9 Å². The molecule has 1 unspecified atom stereocenters. The molecule has 152 valence electrons. The summed E-state index contributed by atoms with van der Waals surface area (Å²) in [6.07, 6.45) is 0.961. The number of carbonyl (C=O) groups is 2. The second-order valence-corrected chi connectivity index (χ2v) is 9.34. The molecule has 1 fully saturated rings. The molecule has 1 rings (SSSR count). The summed E-state index contributed by atoms with van der Waals surface area (Å²) in [6, 6.07) is -0.293. The van der Waals surface area contributed by atoms with Crippen LogP contribution in [0.1, 0.15) is 47.0 Å². The number of rotatable bonds is 10. The van der Waals surface area contributed by atoms with Crippen LogP contribution in [-0.2, 0) is 24.3 Å². The van der Waals surface area contributed by atoms with Gasteiger partial charge in [-0.25, -0.2) is 12.7 Å². The minimum absolute atomic E-state index is 0.0379. The molecule has 1 N–H and O–H groups in total. The Morgan fingerprint density at radius 3 is 2.27 bits per heavy atom. The molecule has 0 spiro atoms. The van der Waals surface area contributed by atoms with Crippen LogP contribution in [0.5, 0.6) is 0 Å². The SMILES string of the molecule is CCS(=O)(=O)N1CCC(N(CC(=O)O)C(=O)C(C)OCCC(C)C)CC1. The number of ether oxygens (including phenoxy) is 1. The Balaban J connectivity index is 2.72. The Morgan fingerprint density at radius 1 is 1.23 bits per heavy atom. The molecule has 1 aliphatic rings. The number of nitrogens with zero attached hydrogens (tertiary/aromatic N) is 2. The second kappa shape index (κ2) is 10.2. The van der Waals surface area contributed by atoms with Crippen molar-refractivity contribution in [2.45, 2.75) is 59.1 Å². The van der Waals surface area contributed by atoms with Crippen molar-refractivity contribution in [3.63, 3.8) is 0 Å². The number of carbonyl (C=O) groups excluding carboxylic acids is 1. The van der Waals surface area contributed by atoms with E-state index in [1.165, 1.54) is 9.21 Å². The van der Waals surface area contributed by atoms with Crippen molar-refractivity contribution in [1.29, 1.82) is 0 Å². The maximum absolute atomic E-state index is 12.7. The minimum Gasteiger partial charge on any atom is -0.480 e. The van der Waals surface area contributed by atoms with Gasteiger partial charge >= 0.3 is 5.97 Å². The van der Waals surface area contributed by atoms with Gasteiger partial charge in [-0.15, -0.1) is 0 Å². The summed E-state index contributed by atoms with van der Waals surface area (Å²) < 4.78 is 30.9. The summed E-state index contributed by atoms with van der Waals surface area (Å²) in [4.78, 5) is 25.2. The molecule has 0 aliphatic carbocycles. The van der Waals surface area contributed by atoms with Crippen LogP contribution < -0.4 is 0 Å². The number of aliphatic carboxylic acids is 1. The van der Waals surface area contributed by atoms with Gasteiger partial charge in [0.25, 0.3) is 5.91 Å². The van der Waals surface area contributed by atoms with E-state index in [-0.39, 0.29) is 17.7 Å². The molecule has 0 aromatic carbocycles. The Hall–Kier alpha value is -1.19. The zero-order valence-corrected chi connectivity index (χ0v) is 17.0. The zero-order valence-electron chi connectivity index (χ0n) is 16.2. The minimum atomic E-state index is -3.26. The van der Waals surface area contributed by atoms with Crippen LogP contribution in [0.4, 0.5) is 0 Å². The number of carboxylic acid groups (broad SMARTS) is 1. The quantitative estimate of drug-likeness (QED) is 0.598. The summed E-state index contributed by atoms with van der Waals surface area (Å²) in [5.74, 6) is -0.947. The summed E-state index contributed by atoms with van der Waals surface area (Å²) in [5.41, 5.74) is 0. The van der Waals surface area contributed by atoms with Crippen LogP contribution in [0.25, 0.3) is 0 Å². The van der Waals surface area contributed by atoms with E-state index in [2.05, 4.69) is 13.8 Å². The van der Waals surface area contributed by atoms with Crippen LogP contribution in [0, 0.1) is 5.92 Å². The number of sulfonamides is 1. The molecular weight excluding hydrogens is 360 g/mol. The van der Waals surface area contributed by atoms with Gasteiger partial charge in [-0.1, -0.05) is 13.8 Å². The molecule has 8 nitrogen and oxygen atoms in total. The van der Waals surface area contributed by atoms with Crippen molar-refractivity contribution in [3.8, 4) is 0 Å². The number of carboxylic acids is 1. The fourth-order valence-electron chi connectivity index (χ4n) is 2.93. The molecule has 0 bridgehead atoms. The Morgan fingerprint density at radius 2 is 1.81 bits per heavy atom. The van der Waals surface area contributed by atoms with Crippen molar-refractivity contribution >= 4 is 21.9 Å². The number of amides is 1. The molecular formula is C17H32N2O6S. The van der Waals surface area contributed by atoms with Gasteiger partial charge in [-0.2, -0.15) is 0 Å². The van der Waals surface area contributed by atoms with Crippen molar-refractivity contribution in [3.05, 3.63) is 0 Å². The monoisotopic (exact) mass is 392 g/mol. The van der Waals surface area contributed by atoms with E-state index in [4.69, 9.17) is 4.74 Å². The first-order valence-corrected chi connectivity index (χ1v) is 10.8. The van der Waals surface area contributed by atoms with Crippen molar-refractivity contribution in [2.75, 3.05) is 32.0 Å². The van der Waals surface area contributed by atoms with Crippen LogP contribution in [0.2, 0.25) is 0 Å². The van der Waals surface area contributed by atoms with Crippen LogP contribution in [0.15, 0.2) is 0 Å². The molecule has 0 saturated carbocycles. The van der Waals surface area contributed by atoms with Crippen molar-refractivity contribution in [2.24, 2.45) is 5.92 Å². The average Bonchev–Trinajstić information content (AvgIpc) is 2.58. The third kappa shape index (κ3) is 6.85. The average molecular weight is 393 g/mol. The predicted octanol–water partition coefficient (Wildman–Crippen LogP) is 1.16. The lowest BCUT2D eigenvalue weighted by molar-refractivity contribution is -0.153. The van der Waals surface area contributed by atoms with Crippen molar-refractivity contribution in [1.82, 2.24) is 9.21 Å². The lowest BCUT2D eigenvalue weighted by Gasteiger charge is -2.38. The maximum atomic E-state index is 12.7. The molecule has 0 aromatic heterocycles. The smallest absolute Gasteiger partial charge is 0.323 e. The maximum Gasteiger partial charge on any atom is 0.323 e. The predicted molar refractivity (Wildman–Crippen MR) is 98.3 cm³/mol. The highest BCUT2D eigenvalue weighted by atomic mass is 32.2. The third-order valence-electron chi connectivity index (χ3n) is 4.62. The van der Waals surface area contributed by atoms with E-state index in [1.54, 1.807) is 13.8 Å². The Kier molecular flexibility index (Phi) is 8.99. The summed E-state index contributed by atoms with van der Waals surface area (Å²) in [6.45, 7) is 7.99. The summed E-state index contributed by atoms with van der Waals surface area (Å²) >= 11 is 0. The fraction of sp³-hybridized carbons (Fsp3) is 0.882. The van der Waals surface area contributed by atoms with Crippen LogP contribution in [0.3, 0.4) is 0 Å². The molecule has 9 heteroatoms. The van der Waals surface area contributed by atoms with Gasteiger partial charge < -0.3 is 14.7 Å². The zero-order chi connectivity index (χ0) is 19.9. The molecule has 1 amide bonds. The summed E-state index contributed by atoms with van der Waals surface area (Å²) in [5, 5.41) is 9.17. The van der Waals surface area contributed by atoms with Gasteiger partial charge in [-0.3, -0.25) is 9.59 Å². The van der Waals surface area contributed by atoms with E-state index < -0.39 is 28.6 Å². The normalized spacial score (nSPS) is 18.0. The van der Waals surface area contributed by atoms with Crippen LogP contribution >= 0.6 is 0 Å².